The highest BCUT2D eigenvalue weighted by atomic mass is 16.2. The van der Waals surface area contributed by atoms with Crippen LogP contribution < -0.4 is 10.6 Å². The lowest BCUT2D eigenvalue weighted by atomic mass is 9.90. The van der Waals surface area contributed by atoms with E-state index in [1.807, 2.05) is 49.4 Å². The number of benzene rings is 2. The Labute approximate surface area is 164 Å². The number of nitrogens with zero attached hydrogens (tertiary/aromatic N) is 1. The smallest absolute Gasteiger partial charge is 0.324 e. The van der Waals surface area contributed by atoms with Crippen molar-refractivity contribution in [3.05, 3.63) is 65.2 Å². The van der Waals surface area contributed by atoms with Gasteiger partial charge in [-0.05, 0) is 42.5 Å². The molecule has 4 amide bonds. The van der Waals surface area contributed by atoms with Crippen LogP contribution in [0.15, 0.2) is 48.5 Å². The van der Waals surface area contributed by atoms with Crippen molar-refractivity contribution in [3.8, 4) is 0 Å². The molecule has 0 radical (unpaired) electrons. The van der Waals surface area contributed by atoms with Crippen LogP contribution in [0, 0.1) is 6.92 Å². The van der Waals surface area contributed by atoms with Crippen LogP contribution in [0.5, 0.6) is 0 Å². The predicted octanol–water partition coefficient (Wildman–Crippen LogP) is 3.52. The Kier molecular flexibility index (Phi) is 5.23. The zero-order valence-electron chi connectivity index (χ0n) is 16.6. The Morgan fingerprint density at radius 1 is 1.11 bits per heavy atom. The third kappa shape index (κ3) is 3.63. The minimum Gasteiger partial charge on any atom is -0.324 e. The molecule has 1 aliphatic rings. The number of carbonyl (C=O) groups excluding carboxylic acids is 3. The van der Waals surface area contributed by atoms with Crippen molar-refractivity contribution in [1.82, 2.24) is 10.2 Å². The van der Waals surface area contributed by atoms with Gasteiger partial charge in [-0.2, -0.15) is 0 Å². The maximum absolute atomic E-state index is 13.0. The van der Waals surface area contributed by atoms with Crippen LogP contribution in [0.1, 0.15) is 43.4 Å². The zero-order valence-corrected chi connectivity index (χ0v) is 16.6. The molecule has 3 rings (SSSR count). The molecular weight excluding hydrogens is 354 g/mol. The topological polar surface area (TPSA) is 78.5 Å². The van der Waals surface area contributed by atoms with Crippen LogP contribution in [-0.2, 0) is 15.1 Å². The average Bonchev–Trinajstić information content (AvgIpc) is 2.88. The summed E-state index contributed by atoms with van der Waals surface area (Å²) in [5.74, 6) is -0.482. The Balaban J connectivity index is 1.75. The van der Waals surface area contributed by atoms with Gasteiger partial charge in [0.25, 0.3) is 5.91 Å². The SMILES string of the molecule is Cc1ccccc1NC(=O)CN1C(=O)N[C@@](C)(c2ccc(C(C)C)cc2)C1=O. The van der Waals surface area contributed by atoms with Crippen LogP contribution in [0.4, 0.5) is 10.5 Å². The molecule has 1 heterocycles. The highest BCUT2D eigenvalue weighted by Gasteiger charge is 2.49. The molecule has 0 bridgehead atoms. The molecule has 2 N–H and O–H groups in total. The summed E-state index contributed by atoms with van der Waals surface area (Å²) in [6.07, 6.45) is 0. The minimum atomic E-state index is -1.18. The average molecular weight is 379 g/mol. The molecule has 1 saturated heterocycles. The minimum absolute atomic E-state index is 0.335. The first-order valence-electron chi connectivity index (χ1n) is 9.32. The van der Waals surface area contributed by atoms with Gasteiger partial charge in [0, 0.05) is 5.69 Å². The van der Waals surface area contributed by atoms with Gasteiger partial charge >= 0.3 is 6.03 Å². The van der Waals surface area contributed by atoms with E-state index in [1.54, 1.807) is 13.0 Å². The number of anilines is 1. The normalized spacial score (nSPS) is 19.1. The lowest BCUT2D eigenvalue weighted by Crippen LogP contribution is -2.42. The van der Waals surface area contributed by atoms with Gasteiger partial charge in [-0.15, -0.1) is 0 Å². The summed E-state index contributed by atoms with van der Waals surface area (Å²) in [6, 6.07) is 14.4. The number of imide groups is 1. The van der Waals surface area contributed by atoms with Gasteiger partial charge in [0.05, 0.1) is 0 Å². The summed E-state index contributed by atoms with van der Waals surface area (Å²) in [7, 11) is 0. The molecule has 6 heteroatoms. The Morgan fingerprint density at radius 2 is 1.75 bits per heavy atom. The van der Waals surface area contributed by atoms with E-state index in [9.17, 15) is 14.4 Å². The Morgan fingerprint density at radius 3 is 2.36 bits per heavy atom. The lowest BCUT2D eigenvalue weighted by Gasteiger charge is -2.22. The molecule has 6 nitrogen and oxygen atoms in total. The molecule has 2 aromatic rings. The molecule has 0 unspecified atom stereocenters. The maximum Gasteiger partial charge on any atom is 0.325 e. The summed E-state index contributed by atoms with van der Waals surface area (Å²) in [4.78, 5) is 38.7. The van der Waals surface area contributed by atoms with Crippen LogP contribution in [0.2, 0.25) is 0 Å². The standard InChI is InChI=1S/C22H25N3O3/c1-14(2)16-9-11-17(12-10-16)22(4)20(27)25(21(28)24-22)13-19(26)23-18-8-6-5-7-15(18)3/h5-12,14H,13H2,1-4H3,(H,23,26)(H,24,28)/t22-/m0/s1. The van der Waals surface area contributed by atoms with Crippen LogP contribution in [0.25, 0.3) is 0 Å². The third-order valence-corrected chi connectivity index (χ3v) is 5.15. The molecule has 0 spiro atoms. The van der Waals surface area contributed by atoms with E-state index < -0.39 is 23.4 Å². The predicted molar refractivity (Wildman–Crippen MR) is 108 cm³/mol. The van der Waals surface area contributed by atoms with Gasteiger partial charge in [0.15, 0.2) is 0 Å². The van der Waals surface area contributed by atoms with Crippen molar-refractivity contribution in [1.29, 1.82) is 0 Å². The number of aryl methyl sites for hydroxylation is 1. The fraction of sp³-hybridized carbons (Fsp3) is 0.318. The van der Waals surface area contributed by atoms with E-state index in [0.717, 1.165) is 16.0 Å². The number of carbonyl (C=O) groups is 3. The van der Waals surface area contributed by atoms with Crippen molar-refractivity contribution in [2.24, 2.45) is 0 Å². The van der Waals surface area contributed by atoms with Crippen molar-refractivity contribution >= 4 is 23.5 Å². The fourth-order valence-electron chi connectivity index (χ4n) is 3.28. The third-order valence-electron chi connectivity index (χ3n) is 5.15. The summed E-state index contributed by atoms with van der Waals surface area (Å²) in [5.41, 5.74) is 2.22. The first-order chi connectivity index (χ1) is 13.2. The fourth-order valence-corrected chi connectivity index (χ4v) is 3.28. The molecule has 1 fully saturated rings. The van der Waals surface area contributed by atoms with Crippen LogP contribution in [0.3, 0.4) is 0 Å². The van der Waals surface area contributed by atoms with E-state index in [2.05, 4.69) is 24.5 Å². The number of amides is 4. The lowest BCUT2D eigenvalue weighted by molar-refractivity contribution is -0.133. The van der Waals surface area contributed by atoms with Gasteiger partial charge < -0.3 is 10.6 Å². The molecule has 2 aromatic carbocycles. The van der Waals surface area contributed by atoms with Gasteiger partial charge in [-0.25, -0.2) is 4.79 Å². The quantitative estimate of drug-likeness (QED) is 0.780. The summed E-state index contributed by atoms with van der Waals surface area (Å²) in [6.45, 7) is 7.39. The van der Waals surface area contributed by atoms with E-state index >= 15 is 0 Å². The van der Waals surface area contributed by atoms with Crippen LogP contribution in [-0.4, -0.2) is 29.3 Å². The zero-order chi connectivity index (χ0) is 20.5. The largest absolute Gasteiger partial charge is 0.325 e. The van der Waals surface area contributed by atoms with Gasteiger partial charge in [0.1, 0.15) is 12.1 Å². The number of hydrogen-bond donors (Lipinski definition) is 2. The molecule has 0 aromatic heterocycles. The molecule has 146 valence electrons. The van der Waals surface area contributed by atoms with Crippen molar-refractivity contribution < 1.29 is 14.4 Å². The first-order valence-corrected chi connectivity index (χ1v) is 9.32. The number of nitrogens with one attached hydrogen (secondary N) is 2. The van der Waals surface area contributed by atoms with E-state index in [0.29, 0.717) is 17.2 Å². The molecular formula is C22H25N3O3. The van der Waals surface area contributed by atoms with Crippen molar-refractivity contribution in [3.63, 3.8) is 0 Å². The molecule has 1 atom stereocenters. The first kappa shape index (κ1) is 19.6. The maximum atomic E-state index is 13.0. The molecule has 28 heavy (non-hydrogen) atoms. The highest BCUT2D eigenvalue weighted by Crippen LogP contribution is 2.30. The van der Waals surface area contributed by atoms with E-state index in [-0.39, 0.29) is 6.54 Å². The number of para-hydroxylation sites is 1. The van der Waals surface area contributed by atoms with Crippen molar-refractivity contribution in [2.75, 3.05) is 11.9 Å². The Bertz CT molecular complexity index is 921. The van der Waals surface area contributed by atoms with Crippen LogP contribution >= 0.6 is 0 Å². The van der Waals surface area contributed by atoms with Gasteiger partial charge in [-0.3, -0.25) is 14.5 Å². The van der Waals surface area contributed by atoms with Gasteiger partial charge in [-0.1, -0.05) is 56.3 Å². The summed E-state index contributed by atoms with van der Waals surface area (Å²) in [5, 5.41) is 5.49. The van der Waals surface area contributed by atoms with E-state index in [1.165, 1.54) is 0 Å². The Hall–Kier alpha value is -3.15. The molecule has 1 aliphatic heterocycles. The second-order valence-electron chi connectivity index (χ2n) is 7.59. The van der Waals surface area contributed by atoms with Gasteiger partial charge in [0.2, 0.25) is 5.91 Å². The second-order valence-corrected chi connectivity index (χ2v) is 7.59. The highest BCUT2D eigenvalue weighted by molar-refractivity contribution is 6.10. The van der Waals surface area contributed by atoms with E-state index in [4.69, 9.17) is 0 Å². The number of hydrogen-bond acceptors (Lipinski definition) is 3. The summed E-state index contributed by atoms with van der Waals surface area (Å²) < 4.78 is 0. The molecule has 0 aliphatic carbocycles. The number of urea groups is 1. The second kappa shape index (κ2) is 7.46. The monoisotopic (exact) mass is 379 g/mol. The number of rotatable bonds is 5. The molecule has 0 saturated carbocycles. The van der Waals surface area contributed by atoms with Crippen molar-refractivity contribution in [2.45, 2.75) is 39.2 Å². The summed E-state index contributed by atoms with van der Waals surface area (Å²) >= 11 is 0.